The number of likely N-dealkylation sites (tertiary alicyclic amines) is 1. The Morgan fingerprint density at radius 2 is 1.92 bits per heavy atom. The van der Waals surface area contributed by atoms with Crippen LogP contribution in [0, 0.1) is 5.82 Å². The Labute approximate surface area is 218 Å². The maximum absolute atomic E-state index is 14.9. The number of rotatable bonds is 4. The Morgan fingerprint density at radius 1 is 1.14 bits per heavy atom. The molecule has 1 N–H and O–H groups in total. The zero-order valence-corrected chi connectivity index (χ0v) is 21.1. The fraction of sp³-hybridized carbons (Fsp3) is 0.407. The molecule has 2 fully saturated rings. The SMILES string of the molecule is C[C@@H]1c2cc(C(=O)N3Cc4c(ccc(Cl)c4F)[C@@H]3CN3CCC3)ccc2C(=O)N1[C@H]1CCC(=O)NC1=O. The van der Waals surface area contributed by atoms with E-state index in [0.717, 1.165) is 25.1 Å². The van der Waals surface area contributed by atoms with Gasteiger partial charge in [0.05, 0.1) is 17.1 Å². The van der Waals surface area contributed by atoms with Crippen LogP contribution in [0.1, 0.15) is 75.7 Å². The molecule has 4 aliphatic heterocycles. The molecule has 0 bridgehead atoms. The van der Waals surface area contributed by atoms with Crippen molar-refractivity contribution in [3.8, 4) is 0 Å². The second kappa shape index (κ2) is 8.92. The number of fused-ring (bicyclic) bond motifs is 2. The van der Waals surface area contributed by atoms with Crippen LogP contribution in [0.3, 0.4) is 0 Å². The maximum Gasteiger partial charge on any atom is 0.255 e. The standard InChI is InChI=1S/C27H26ClFN4O4/c1-14-18-11-15(3-4-17(18)27(37)33(14)21-7-8-23(34)30-25(21)35)26(36)32-12-19-16(5-6-20(28)24(19)29)22(32)13-31-9-2-10-31/h3-6,11,14,21-22H,2,7-10,12-13H2,1H3,(H,30,34,35)/t14-,21+,22+/m1/s1. The van der Waals surface area contributed by atoms with E-state index in [1.807, 2.05) is 6.92 Å². The van der Waals surface area contributed by atoms with Crippen LogP contribution >= 0.6 is 11.6 Å². The largest absolute Gasteiger partial charge is 0.326 e. The van der Waals surface area contributed by atoms with Crippen molar-refractivity contribution in [2.45, 2.75) is 50.9 Å². The summed E-state index contributed by atoms with van der Waals surface area (Å²) in [4.78, 5) is 56.5. The second-order valence-electron chi connectivity index (χ2n) is 10.2. The van der Waals surface area contributed by atoms with Crippen molar-refractivity contribution >= 4 is 35.2 Å². The first-order chi connectivity index (χ1) is 17.7. The van der Waals surface area contributed by atoms with Gasteiger partial charge in [-0.05, 0) is 68.2 Å². The van der Waals surface area contributed by atoms with E-state index in [-0.39, 0.29) is 48.2 Å². The van der Waals surface area contributed by atoms with E-state index in [1.54, 1.807) is 35.2 Å². The first-order valence-electron chi connectivity index (χ1n) is 12.5. The average Bonchev–Trinajstić information content (AvgIpc) is 3.34. The fourth-order valence-corrected chi connectivity index (χ4v) is 6.15. The number of carbonyl (C=O) groups is 4. The van der Waals surface area contributed by atoms with E-state index in [9.17, 15) is 23.6 Å². The minimum absolute atomic E-state index is 0.0363. The Hall–Kier alpha value is -3.30. The molecule has 2 saturated heterocycles. The van der Waals surface area contributed by atoms with Gasteiger partial charge in [-0.2, -0.15) is 0 Å². The van der Waals surface area contributed by atoms with Crippen molar-refractivity contribution in [1.29, 1.82) is 0 Å². The van der Waals surface area contributed by atoms with Gasteiger partial charge in [-0.3, -0.25) is 24.5 Å². The van der Waals surface area contributed by atoms with Crippen LogP contribution in [-0.2, 0) is 16.1 Å². The van der Waals surface area contributed by atoms with Crippen molar-refractivity contribution in [3.05, 3.63) is 69.0 Å². The third kappa shape index (κ3) is 3.83. The molecular weight excluding hydrogens is 499 g/mol. The number of halogens is 2. The highest BCUT2D eigenvalue weighted by Crippen LogP contribution is 2.41. The van der Waals surface area contributed by atoms with Crippen LogP contribution < -0.4 is 5.32 Å². The van der Waals surface area contributed by atoms with Crippen LogP contribution in [0.5, 0.6) is 0 Å². The number of hydrogen-bond donors (Lipinski definition) is 1. The van der Waals surface area contributed by atoms with Gasteiger partial charge in [-0.25, -0.2) is 4.39 Å². The molecule has 4 amide bonds. The van der Waals surface area contributed by atoms with E-state index < -0.39 is 23.8 Å². The lowest BCUT2D eigenvalue weighted by Gasteiger charge is -2.36. The molecule has 4 heterocycles. The lowest BCUT2D eigenvalue weighted by Crippen LogP contribution is -2.53. The molecule has 3 atom stereocenters. The zero-order valence-electron chi connectivity index (χ0n) is 20.3. The molecule has 0 saturated carbocycles. The molecule has 2 aromatic rings. The van der Waals surface area contributed by atoms with Crippen molar-refractivity contribution in [2.24, 2.45) is 0 Å². The van der Waals surface area contributed by atoms with E-state index in [4.69, 9.17) is 11.6 Å². The van der Waals surface area contributed by atoms with E-state index in [0.29, 0.717) is 28.8 Å². The van der Waals surface area contributed by atoms with Crippen LogP contribution in [0.2, 0.25) is 5.02 Å². The van der Waals surface area contributed by atoms with Gasteiger partial charge in [0.1, 0.15) is 11.9 Å². The Morgan fingerprint density at radius 3 is 2.62 bits per heavy atom. The maximum atomic E-state index is 14.9. The Balaban J connectivity index is 1.30. The van der Waals surface area contributed by atoms with E-state index in [2.05, 4.69) is 10.2 Å². The molecule has 0 aromatic heterocycles. The van der Waals surface area contributed by atoms with Gasteiger partial charge in [-0.15, -0.1) is 0 Å². The topological polar surface area (TPSA) is 90.0 Å². The first-order valence-corrected chi connectivity index (χ1v) is 12.9. The van der Waals surface area contributed by atoms with Crippen LogP contribution in [0.15, 0.2) is 30.3 Å². The lowest BCUT2D eigenvalue weighted by molar-refractivity contribution is -0.137. The summed E-state index contributed by atoms with van der Waals surface area (Å²) in [5, 5.41) is 2.35. The Bertz CT molecular complexity index is 1360. The summed E-state index contributed by atoms with van der Waals surface area (Å²) in [5.74, 6) is -1.86. The van der Waals surface area contributed by atoms with Crippen LogP contribution in [0.4, 0.5) is 4.39 Å². The van der Waals surface area contributed by atoms with Crippen molar-refractivity contribution < 1.29 is 23.6 Å². The molecule has 2 aromatic carbocycles. The molecule has 0 spiro atoms. The van der Waals surface area contributed by atoms with Crippen LogP contribution in [0.25, 0.3) is 0 Å². The quantitative estimate of drug-likeness (QED) is 0.620. The van der Waals surface area contributed by atoms with E-state index >= 15 is 0 Å². The zero-order chi connectivity index (χ0) is 26.0. The summed E-state index contributed by atoms with van der Waals surface area (Å²) in [6.07, 6.45) is 1.53. The summed E-state index contributed by atoms with van der Waals surface area (Å²) in [7, 11) is 0. The molecule has 0 aliphatic carbocycles. The summed E-state index contributed by atoms with van der Waals surface area (Å²) in [5.41, 5.74) is 2.71. The monoisotopic (exact) mass is 524 g/mol. The second-order valence-corrected chi connectivity index (χ2v) is 10.6. The summed E-state index contributed by atoms with van der Waals surface area (Å²) >= 11 is 6.05. The van der Waals surface area contributed by atoms with Gasteiger partial charge in [0.2, 0.25) is 11.8 Å². The number of imide groups is 1. The number of benzene rings is 2. The molecule has 4 aliphatic rings. The highest BCUT2D eigenvalue weighted by atomic mass is 35.5. The highest BCUT2D eigenvalue weighted by molar-refractivity contribution is 6.30. The van der Waals surface area contributed by atoms with Gasteiger partial charge in [0, 0.05) is 36.2 Å². The third-order valence-electron chi connectivity index (χ3n) is 8.11. The van der Waals surface area contributed by atoms with Crippen molar-refractivity contribution in [2.75, 3.05) is 19.6 Å². The molecule has 10 heteroatoms. The predicted octanol–water partition coefficient (Wildman–Crippen LogP) is 3.20. The number of amides is 4. The minimum Gasteiger partial charge on any atom is -0.326 e. The smallest absolute Gasteiger partial charge is 0.255 e. The van der Waals surface area contributed by atoms with Gasteiger partial charge < -0.3 is 14.7 Å². The summed E-state index contributed by atoms with van der Waals surface area (Å²) in [6, 6.07) is 6.81. The summed E-state index contributed by atoms with van der Waals surface area (Å²) in [6.45, 7) is 4.44. The fourth-order valence-electron chi connectivity index (χ4n) is 5.97. The first kappa shape index (κ1) is 24.1. The number of carbonyl (C=O) groups excluding carboxylic acids is 4. The lowest BCUT2D eigenvalue weighted by atomic mass is 10.00. The molecule has 0 unspecified atom stereocenters. The number of piperidine rings is 1. The minimum atomic E-state index is -0.742. The number of hydrogen-bond acceptors (Lipinski definition) is 5. The van der Waals surface area contributed by atoms with Gasteiger partial charge in [0.25, 0.3) is 11.8 Å². The normalized spacial score (nSPS) is 25.2. The van der Waals surface area contributed by atoms with Crippen molar-refractivity contribution in [3.63, 3.8) is 0 Å². The molecule has 37 heavy (non-hydrogen) atoms. The average molecular weight is 525 g/mol. The molecular formula is C27H26ClFN4O4. The third-order valence-corrected chi connectivity index (χ3v) is 8.41. The van der Waals surface area contributed by atoms with Gasteiger partial charge in [-0.1, -0.05) is 17.7 Å². The van der Waals surface area contributed by atoms with E-state index in [1.165, 1.54) is 4.90 Å². The number of nitrogens with one attached hydrogen (secondary N) is 1. The predicted molar refractivity (Wildman–Crippen MR) is 132 cm³/mol. The number of nitrogens with zero attached hydrogens (tertiary/aromatic N) is 3. The highest BCUT2D eigenvalue weighted by Gasteiger charge is 2.44. The Kier molecular flexibility index (Phi) is 5.80. The van der Waals surface area contributed by atoms with Crippen molar-refractivity contribution in [1.82, 2.24) is 20.0 Å². The molecule has 192 valence electrons. The van der Waals surface area contributed by atoms with Crippen LogP contribution in [-0.4, -0.2) is 64.0 Å². The molecule has 0 radical (unpaired) electrons. The molecule has 6 rings (SSSR count). The van der Waals surface area contributed by atoms with Gasteiger partial charge in [0.15, 0.2) is 0 Å². The summed E-state index contributed by atoms with van der Waals surface area (Å²) < 4.78 is 14.9. The molecule has 8 nitrogen and oxygen atoms in total. The van der Waals surface area contributed by atoms with Gasteiger partial charge >= 0.3 is 0 Å².